The minimum atomic E-state index is -0.769. The normalized spacial score (nSPS) is 14.3. The number of carbonyl (C=O) groups is 2. The van der Waals surface area contributed by atoms with E-state index in [4.69, 9.17) is 0 Å². The molecule has 0 atom stereocenters. The molecule has 0 unspecified atom stereocenters. The minimum absolute atomic E-state index is 0.0296. The van der Waals surface area contributed by atoms with E-state index in [0.717, 1.165) is 49.2 Å². The van der Waals surface area contributed by atoms with Crippen LogP contribution in [-0.4, -0.2) is 11.7 Å². The zero-order valence-electron chi connectivity index (χ0n) is 21.5. The van der Waals surface area contributed by atoms with Crippen molar-refractivity contribution in [2.45, 2.75) is 19.3 Å². The van der Waals surface area contributed by atoms with Crippen molar-refractivity contribution >= 4 is 39.0 Å². The summed E-state index contributed by atoms with van der Waals surface area (Å²) >= 11 is 3.60. The van der Waals surface area contributed by atoms with Crippen molar-refractivity contribution in [1.82, 2.24) is 0 Å². The summed E-state index contributed by atoms with van der Waals surface area (Å²) in [6.07, 6.45) is 0. The second-order valence-corrected chi connectivity index (χ2v) is 11.2. The maximum absolute atomic E-state index is 14.4. The predicted octanol–water partition coefficient (Wildman–Crippen LogP) is 8.28. The molecule has 2 aliphatic rings. The van der Waals surface area contributed by atoms with Crippen LogP contribution in [0.4, 0.5) is 11.4 Å². The topological polar surface area (TPSA) is 37.4 Å². The van der Waals surface area contributed by atoms with Crippen molar-refractivity contribution in [1.29, 1.82) is 0 Å². The van der Waals surface area contributed by atoms with Crippen LogP contribution >= 0.6 is 15.9 Å². The third-order valence-electron chi connectivity index (χ3n) is 8.05. The average molecular weight is 570 g/mol. The molecule has 5 aromatic rings. The Morgan fingerprint density at radius 3 is 1.67 bits per heavy atom. The molecular formula is C35H24BrNO2. The average Bonchev–Trinajstić information content (AvgIpc) is 2.95. The largest absolute Gasteiger partial charge is 0.289 e. The van der Waals surface area contributed by atoms with Gasteiger partial charge >= 0.3 is 0 Å². The summed E-state index contributed by atoms with van der Waals surface area (Å²) in [6.45, 7) is 4.15. The second-order valence-electron chi connectivity index (χ2n) is 10.3. The number of rotatable bonds is 1. The lowest BCUT2D eigenvalue weighted by atomic mass is 9.57. The lowest BCUT2D eigenvalue weighted by Crippen LogP contribution is -2.44. The smallest absolute Gasteiger partial charge is 0.263 e. The molecule has 39 heavy (non-hydrogen) atoms. The highest BCUT2D eigenvalue weighted by molar-refractivity contribution is 9.10. The van der Waals surface area contributed by atoms with E-state index in [1.165, 1.54) is 0 Å². The highest BCUT2D eigenvalue weighted by Gasteiger charge is 2.52. The quantitative estimate of drug-likeness (QED) is 0.200. The fraction of sp³-hybridized carbons (Fsp3) is 0.0857. The molecule has 1 amide bonds. The predicted molar refractivity (Wildman–Crippen MR) is 158 cm³/mol. The third kappa shape index (κ3) is 3.22. The highest BCUT2D eigenvalue weighted by atomic mass is 79.9. The number of ketones is 1. The van der Waals surface area contributed by atoms with Crippen molar-refractivity contribution < 1.29 is 9.59 Å². The van der Waals surface area contributed by atoms with E-state index in [2.05, 4.69) is 66.2 Å². The van der Waals surface area contributed by atoms with Crippen LogP contribution in [0.3, 0.4) is 0 Å². The lowest BCUT2D eigenvalue weighted by Gasteiger charge is -2.48. The van der Waals surface area contributed by atoms with E-state index in [1.807, 2.05) is 77.7 Å². The number of hydrogen-bond acceptors (Lipinski definition) is 2. The van der Waals surface area contributed by atoms with Crippen molar-refractivity contribution in [3.8, 4) is 0 Å². The molecule has 0 fully saturated rings. The van der Waals surface area contributed by atoms with Gasteiger partial charge in [0.2, 0.25) is 0 Å². The highest BCUT2D eigenvalue weighted by Crippen LogP contribution is 2.59. The van der Waals surface area contributed by atoms with Crippen molar-refractivity contribution in [3.05, 3.63) is 164 Å². The summed E-state index contributed by atoms with van der Waals surface area (Å²) < 4.78 is 0.747. The van der Waals surface area contributed by atoms with Crippen LogP contribution < -0.4 is 4.90 Å². The van der Waals surface area contributed by atoms with Crippen LogP contribution in [0, 0.1) is 13.8 Å². The Morgan fingerprint density at radius 2 is 1.13 bits per heavy atom. The van der Waals surface area contributed by atoms with Crippen LogP contribution in [-0.2, 0) is 5.41 Å². The van der Waals surface area contributed by atoms with Gasteiger partial charge in [0.1, 0.15) is 0 Å². The first-order chi connectivity index (χ1) is 18.9. The minimum Gasteiger partial charge on any atom is -0.289 e. The molecule has 0 bridgehead atoms. The van der Waals surface area contributed by atoms with Gasteiger partial charge in [-0.1, -0.05) is 96.1 Å². The van der Waals surface area contributed by atoms with Gasteiger partial charge < -0.3 is 0 Å². The van der Waals surface area contributed by atoms with Gasteiger partial charge in [0, 0.05) is 15.6 Å². The van der Waals surface area contributed by atoms with Gasteiger partial charge in [-0.05, 0) is 76.3 Å². The number of anilines is 2. The monoisotopic (exact) mass is 569 g/mol. The molecule has 1 aliphatic carbocycles. The van der Waals surface area contributed by atoms with E-state index in [1.54, 1.807) is 0 Å². The zero-order valence-corrected chi connectivity index (χ0v) is 23.1. The Bertz CT molecular complexity index is 1750. The van der Waals surface area contributed by atoms with E-state index in [0.29, 0.717) is 16.7 Å². The van der Waals surface area contributed by atoms with E-state index < -0.39 is 5.41 Å². The number of amides is 1. The van der Waals surface area contributed by atoms with Gasteiger partial charge in [0.25, 0.3) is 5.91 Å². The lowest BCUT2D eigenvalue weighted by molar-refractivity contribution is 0.0994. The molecule has 0 N–H and O–H groups in total. The summed E-state index contributed by atoms with van der Waals surface area (Å²) in [7, 11) is 0. The first-order valence-electron chi connectivity index (χ1n) is 13.0. The molecule has 1 aliphatic heterocycles. The molecular weight excluding hydrogens is 546 g/mol. The Balaban J connectivity index is 1.66. The Hall–Kier alpha value is -4.28. The van der Waals surface area contributed by atoms with Crippen LogP contribution in [0.2, 0.25) is 0 Å². The molecule has 4 heteroatoms. The van der Waals surface area contributed by atoms with Crippen LogP contribution in [0.25, 0.3) is 0 Å². The summed E-state index contributed by atoms with van der Waals surface area (Å²) in [5.74, 6) is -0.0806. The van der Waals surface area contributed by atoms with Crippen molar-refractivity contribution in [2.24, 2.45) is 0 Å². The third-order valence-corrected chi connectivity index (χ3v) is 8.74. The van der Waals surface area contributed by atoms with Gasteiger partial charge in [-0.3, -0.25) is 14.5 Å². The summed E-state index contributed by atoms with van der Waals surface area (Å²) in [6, 6.07) is 36.0. The zero-order chi connectivity index (χ0) is 26.9. The standard InChI is InChI=1S/C35H24BrNO2/c1-21-15-17-31-28(19-21)35(26-12-6-3-9-23(26)33(38)24-10-4-7-13-27(24)35)29-20-22(2)16-18-32(29)37(31)34(39)25-11-5-8-14-30(25)36/h3-20H,1-2H3. The first kappa shape index (κ1) is 23.8. The van der Waals surface area contributed by atoms with Gasteiger partial charge in [0.05, 0.1) is 22.4 Å². The maximum atomic E-state index is 14.4. The Kier molecular flexibility index (Phi) is 5.26. The van der Waals surface area contributed by atoms with E-state index in [9.17, 15) is 9.59 Å². The fourth-order valence-corrected chi connectivity index (χ4v) is 6.88. The van der Waals surface area contributed by atoms with Crippen LogP contribution in [0.5, 0.6) is 0 Å². The number of carbonyl (C=O) groups excluding carboxylic acids is 2. The summed E-state index contributed by atoms with van der Waals surface area (Å²) in [5, 5.41) is 0. The van der Waals surface area contributed by atoms with E-state index >= 15 is 0 Å². The molecule has 0 saturated carbocycles. The molecule has 188 valence electrons. The molecule has 3 nitrogen and oxygen atoms in total. The van der Waals surface area contributed by atoms with Crippen molar-refractivity contribution in [3.63, 3.8) is 0 Å². The van der Waals surface area contributed by atoms with Gasteiger partial charge in [-0.15, -0.1) is 0 Å². The SMILES string of the molecule is Cc1ccc2c(c1)C1(c3ccccc3C(=O)c3ccccc31)c1cc(C)ccc1N2C(=O)c1ccccc1Br. The maximum Gasteiger partial charge on any atom is 0.263 e. The Labute approximate surface area is 235 Å². The number of halogens is 1. The first-order valence-corrected chi connectivity index (χ1v) is 13.8. The summed E-state index contributed by atoms with van der Waals surface area (Å²) in [5.41, 5.74) is 8.90. The molecule has 0 radical (unpaired) electrons. The van der Waals surface area contributed by atoms with Gasteiger partial charge in [-0.25, -0.2) is 0 Å². The molecule has 7 rings (SSSR count). The number of fused-ring (bicyclic) bond motifs is 8. The Morgan fingerprint density at radius 1 is 0.641 bits per heavy atom. The second kappa shape index (κ2) is 8.62. The number of aryl methyl sites for hydroxylation is 2. The molecule has 5 aromatic carbocycles. The van der Waals surface area contributed by atoms with Crippen LogP contribution in [0.15, 0.2) is 114 Å². The molecule has 1 heterocycles. The number of nitrogens with zero attached hydrogens (tertiary/aromatic N) is 1. The van der Waals surface area contributed by atoms with Crippen LogP contribution in [0.1, 0.15) is 59.7 Å². The fourth-order valence-electron chi connectivity index (χ4n) is 6.43. The van der Waals surface area contributed by atoms with Gasteiger partial charge in [0.15, 0.2) is 5.78 Å². The number of benzene rings is 5. The van der Waals surface area contributed by atoms with Crippen molar-refractivity contribution in [2.75, 3.05) is 4.90 Å². The van der Waals surface area contributed by atoms with Gasteiger partial charge in [-0.2, -0.15) is 0 Å². The summed E-state index contributed by atoms with van der Waals surface area (Å²) in [4.78, 5) is 30.0. The number of hydrogen-bond donors (Lipinski definition) is 0. The molecule has 0 aromatic heterocycles. The molecule has 0 saturated heterocycles. The van der Waals surface area contributed by atoms with E-state index in [-0.39, 0.29) is 11.7 Å². The molecule has 1 spiro atoms.